The molecular weight excluding hydrogens is 276 g/mol. The molecule has 0 radical (unpaired) electrons. The third-order valence-corrected chi connectivity index (χ3v) is 6.00. The van der Waals surface area contributed by atoms with Crippen molar-refractivity contribution < 1.29 is 8.42 Å². The van der Waals surface area contributed by atoms with Crippen molar-refractivity contribution in [1.29, 1.82) is 0 Å². The van der Waals surface area contributed by atoms with E-state index in [-0.39, 0.29) is 10.9 Å². The van der Waals surface area contributed by atoms with Crippen molar-refractivity contribution in [2.45, 2.75) is 43.2 Å². The van der Waals surface area contributed by atoms with Gasteiger partial charge in [-0.2, -0.15) is 5.10 Å². The highest BCUT2D eigenvalue weighted by atomic mass is 32.2. The number of rotatable bonds is 6. The van der Waals surface area contributed by atoms with E-state index in [0.29, 0.717) is 12.5 Å². The largest absolute Gasteiger partial charge is 0.318 e. The standard InChI is InChI=1S/C13H22N4O2S/c1-14-4-5-17-9-12(8-15-17)20(18,19)16-13-7-10-2-3-11(13)6-10/h8-11,13-14,16H,2-7H2,1H3. The second kappa shape index (κ2) is 5.46. The Morgan fingerprint density at radius 1 is 1.40 bits per heavy atom. The van der Waals surface area contributed by atoms with E-state index in [2.05, 4.69) is 15.1 Å². The molecule has 2 saturated carbocycles. The normalized spacial score (nSPS) is 29.1. The maximum absolute atomic E-state index is 12.4. The summed E-state index contributed by atoms with van der Waals surface area (Å²) in [5.74, 6) is 1.26. The van der Waals surface area contributed by atoms with Crippen LogP contribution < -0.4 is 10.0 Å². The van der Waals surface area contributed by atoms with Crippen LogP contribution in [0.15, 0.2) is 17.3 Å². The molecule has 2 aliphatic carbocycles. The molecule has 6 nitrogen and oxygen atoms in total. The molecule has 0 aliphatic heterocycles. The first-order valence-electron chi connectivity index (χ1n) is 7.28. The minimum absolute atomic E-state index is 0.124. The molecule has 2 aliphatic rings. The van der Waals surface area contributed by atoms with Crippen LogP contribution in [0, 0.1) is 11.8 Å². The van der Waals surface area contributed by atoms with Crippen LogP contribution in [-0.2, 0) is 16.6 Å². The summed E-state index contributed by atoms with van der Waals surface area (Å²) in [6.45, 7) is 1.43. The van der Waals surface area contributed by atoms with Crippen LogP contribution in [0.5, 0.6) is 0 Å². The molecule has 20 heavy (non-hydrogen) atoms. The molecule has 1 aromatic heterocycles. The number of nitrogens with one attached hydrogen (secondary N) is 2. The topological polar surface area (TPSA) is 76.0 Å². The van der Waals surface area contributed by atoms with Gasteiger partial charge in [-0.1, -0.05) is 6.42 Å². The van der Waals surface area contributed by atoms with Crippen molar-refractivity contribution in [3.05, 3.63) is 12.4 Å². The van der Waals surface area contributed by atoms with Crippen LogP contribution >= 0.6 is 0 Å². The van der Waals surface area contributed by atoms with Crippen LogP contribution in [0.4, 0.5) is 0 Å². The highest BCUT2D eigenvalue weighted by Crippen LogP contribution is 2.44. The van der Waals surface area contributed by atoms with Gasteiger partial charge >= 0.3 is 0 Å². The molecule has 0 amide bonds. The summed E-state index contributed by atoms with van der Waals surface area (Å²) in [4.78, 5) is 0.274. The lowest BCUT2D eigenvalue weighted by Crippen LogP contribution is -2.38. The van der Waals surface area contributed by atoms with Gasteiger partial charge in [0.1, 0.15) is 4.90 Å². The number of hydrogen-bond donors (Lipinski definition) is 2. The van der Waals surface area contributed by atoms with Gasteiger partial charge in [0.05, 0.1) is 12.7 Å². The first-order valence-corrected chi connectivity index (χ1v) is 8.76. The number of fused-ring (bicyclic) bond motifs is 2. The molecule has 3 rings (SSSR count). The van der Waals surface area contributed by atoms with E-state index in [9.17, 15) is 8.42 Å². The molecule has 2 fully saturated rings. The maximum Gasteiger partial charge on any atom is 0.243 e. The zero-order valence-electron chi connectivity index (χ0n) is 11.7. The van der Waals surface area contributed by atoms with E-state index < -0.39 is 10.0 Å². The molecular formula is C13H22N4O2S. The number of nitrogens with zero attached hydrogens (tertiary/aromatic N) is 2. The van der Waals surface area contributed by atoms with Crippen molar-refractivity contribution in [2.24, 2.45) is 11.8 Å². The SMILES string of the molecule is CNCCn1cc(S(=O)(=O)NC2CC3CCC2C3)cn1. The van der Waals surface area contributed by atoms with E-state index in [1.165, 1.54) is 25.5 Å². The summed E-state index contributed by atoms with van der Waals surface area (Å²) in [5.41, 5.74) is 0. The van der Waals surface area contributed by atoms with E-state index in [1.807, 2.05) is 7.05 Å². The zero-order chi connectivity index (χ0) is 14.2. The molecule has 0 saturated heterocycles. The van der Waals surface area contributed by atoms with E-state index in [4.69, 9.17) is 0 Å². The summed E-state index contributed by atoms with van der Waals surface area (Å²) in [7, 11) is -1.57. The minimum atomic E-state index is -3.42. The van der Waals surface area contributed by atoms with E-state index in [1.54, 1.807) is 10.9 Å². The summed E-state index contributed by atoms with van der Waals surface area (Å²) < 4.78 is 29.3. The molecule has 1 heterocycles. The van der Waals surface area contributed by atoms with Crippen LogP contribution in [0.25, 0.3) is 0 Å². The molecule has 0 spiro atoms. The fourth-order valence-electron chi connectivity index (χ4n) is 3.49. The Morgan fingerprint density at radius 3 is 2.90 bits per heavy atom. The summed E-state index contributed by atoms with van der Waals surface area (Å²) in [6, 6.07) is 0.124. The van der Waals surface area contributed by atoms with Gasteiger partial charge in [0.25, 0.3) is 0 Å². The Labute approximate surface area is 120 Å². The molecule has 3 unspecified atom stereocenters. The van der Waals surface area contributed by atoms with Gasteiger partial charge in [0.15, 0.2) is 0 Å². The second-order valence-electron chi connectivity index (χ2n) is 5.95. The van der Waals surface area contributed by atoms with Gasteiger partial charge in [0, 0.05) is 18.8 Å². The van der Waals surface area contributed by atoms with E-state index >= 15 is 0 Å². The Kier molecular flexibility index (Phi) is 3.83. The Bertz CT molecular complexity index is 569. The Hall–Kier alpha value is -0.920. The predicted molar refractivity (Wildman–Crippen MR) is 75.7 cm³/mol. The van der Waals surface area contributed by atoms with Gasteiger partial charge in [-0.05, 0) is 38.1 Å². The zero-order valence-corrected chi connectivity index (χ0v) is 12.6. The monoisotopic (exact) mass is 298 g/mol. The van der Waals surface area contributed by atoms with Gasteiger partial charge in [-0.3, -0.25) is 4.68 Å². The fraction of sp³-hybridized carbons (Fsp3) is 0.769. The highest BCUT2D eigenvalue weighted by molar-refractivity contribution is 7.89. The van der Waals surface area contributed by atoms with Crippen LogP contribution in [0.3, 0.4) is 0 Å². The Morgan fingerprint density at radius 2 is 2.25 bits per heavy atom. The lowest BCUT2D eigenvalue weighted by molar-refractivity contribution is 0.390. The number of aromatic nitrogens is 2. The van der Waals surface area contributed by atoms with Gasteiger partial charge in [-0.25, -0.2) is 13.1 Å². The molecule has 2 N–H and O–H groups in total. The van der Waals surface area contributed by atoms with Crippen molar-refractivity contribution in [3.8, 4) is 0 Å². The molecule has 0 aromatic carbocycles. The number of hydrogen-bond acceptors (Lipinski definition) is 4. The second-order valence-corrected chi connectivity index (χ2v) is 7.66. The molecule has 1 aromatic rings. The smallest absolute Gasteiger partial charge is 0.243 e. The average molecular weight is 298 g/mol. The van der Waals surface area contributed by atoms with Crippen molar-refractivity contribution >= 4 is 10.0 Å². The lowest BCUT2D eigenvalue weighted by atomic mass is 9.96. The highest BCUT2D eigenvalue weighted by Gasteiger charge is 2.41. The molecule has 3 atom stereocenters. The quantitative estimate of drug-likeness (QED) is 0.805. The van der Waals surface area contributed by atoms with E-state index in [0.717, 1.165) is 18.9 Å². The summed E-state index contributed by atoms with van der Waals surface area (Å²) in [6.07, 6.45) is 7.66. The van der Waals surface area contributed by atoms with Crippen molar-refractivity contribution in [1.82, 2.24) is 19.8 Å². The third-order valence-electron chi connectivity index (χ3n) is 4.56. The van der Waals surface area contributed by atoms with Gasteiger partial charge in [-0.15, -0.1) is 0 Å². The maximum atomic E-state index is 12.4. The summed E-state index contributed by atoms with van der Waals surface area (Å²) in [5, 5.41) is 7.12. The first kappa shape index (κ1) is 14.0. The first-order chi connectivity index (χ1) is 9.58. The Balaban J connectivity index is 1.67. The average Bonchev–Trinajstić information content (AvgIpc) is 3.11. The van der Waals surface area contributed by atoms with Crippen LogP contribution in [0.1, 0.15) is 25.7 Å². The van der Waals surface area contributed by atoms with Crippen molar-refractivity contribution in [2.75, 3.05) is 13.6 Å². The van der Waals surface area contributed by atoms with Gasteiger partial charge < -0.3 is 5.32 Å². The van der Waals surface area contributed by atoms with Crippen LogP contribution in [0.2, 0.25) is 0 Å². The predicted octanol–water partition coefficient (Wildman–Crippen LogP) is 0.569. The minimum Gasteiger partial charge on any atom is -0.318 e. The number of sulfonamides is 1. The van der Waals surface area contributed by atoms with Crippen molar-refractivity contribution in [3.63, 3.8) is 0 Å². The molecule has 112 valence electrons. The molecule has 2 bridgehead atoms. The fourth-order valence-corrected chi connectivity index (χ4v) is 4.76. The third kappa shape index (κ3) is 2.75. The van der Waals surface area contributed by atoms with Gasteiger partial charge in [0.2, 0.25) is 10.0 Å². The number of likely N-dealkylation sites (N-methyl/N-ethyl adjacent to an activating group) is 1. The summed E-state index contributed by atoms with van der Waals surface area (Å²) >= 11 is 0. The molecule has 7 heteroatoms. The van der Waals surface area contributed by atoms with Crippen LogP contribution in [-0.4, -0.2) is 37.8 Å². The lowest BCUT2D eigenvalue weighted by Gasteiger charge is -2.22.